The van der Waals surface area contributed by atoms with E-state index in [1.54, 1.807) is 0 Å². The molecule has 0 unspecified atom stereocenters. The Morgan fingerprint density at radius 1 is 1.27 bits per heavy atom. The van der Waals surface area contributed by atoms with Crippen molar-refractivity contribution in [2.75, 3.05) is 0 Å². The predicted molar refractivity (Wildman–Crippen MR) is 85.6 cm³/mol. The third kappa shape index (κ3) is 3.36. The number of hydrogen-bond donors (Lipinski definition) is 0. The van der Waals surface area contributed by atoms with Crippen molar-refractivity contribution >= 4 is 17.7 Å². The van der Waals surface area contributed by atoms with Crippen molar-refractivity contribution in [3.05, 3.63) is 53.2 Å². The smallest absolute Gasteiger partial charge is 0.0688 e. The maximum absolute atomic E-state index is 6.47. The third-order valence-electron chi connectivity index (χ3n) is 3.82. The Morgan fingerprint density at radius 3 is 2.59 bits per heavy atom. The summed E-state index contributed by atoms with van der Waals surface area (Å²) in [6, 6.07) is 4.08. The fraction of sp³-hybridized carbons (Fsp3) is 0.294. The molecule has 0 atom stereocenters. The van der Waals surface area contributed by atoms with Crippen LogP contribution in [0.5, 0.6) is 0 Å². The number of rotatable bonds is 2. The van der Waals surface area contributed by atoms with Crippen molar-refractivity contribution in [2.24, 2.45) is 7.05 Å². The van der Waals surface area contributed by atoms with E-state index in [4.69, 9.17) is 11.6 Å². The summed E-state index contributed by atoms with van der Waals surface area (Å²) in [6.45, 7) is 4.23. The van der Waals surface area contributed by atoms with Crippen LogP contribution in [0.2, 0.25) is 5.02 Å². The van der Waals surface area contributed by atoms with Gasteiger partial charge in [-0.15, -0.1) is 12.0 Å². The van der Waals surface area contributed by atoms with E-state index in [1.165, 1.54) is 16.7 Å². The molecule has 124 valence electrons. The van der Waals surface area contributed by atoms with Crippen LogP contribution in [0, 0.1) is 20.4 Å². The molecule has 0 amide bonds. The summed E-state index contributed by atoms with van der Waals surface area (Å²) >= 11 is 6.47. The SMILES string of the molecule is CCc1nn(C)c(C)c1-c1c(Cl)ccc2c1C=[C-]C2.[CH3-].[Co].[Co]. The van der Waals surface area contributed by atoms with Gasteiger partial charge in [-0.3, -0.25) is 10.8 Å². The molecule has 0 fully saturated rings. The quantitative estimate of drug-likeness (QED) is 0.677. The standard InChI is InChI=1S/C16H16ClN2.CH3.2Co/c1-4-14-15(10(2)19(3)18-14)16-12-7-5-6-11(12)8-9-13(16)17;;;/h7-9H,4,6H2,1-3H3;1H3;;/q2*-1;;. The van der Waals surface area contributed by atoms with E-state index in [1.807, 2.05) is 17.8 Å². The summed E-state index contributed by atoms with van der Waals surface area (Å²) in [5, 5.41) is 5.39. The zero-order chi connectivity index (χ0) is 13.6. The van der Waals surface area contributed by atoms with Crippen LogP contribution >= 0.6 is 11.6 Å². The second-order valence-corrected chi connectivity index (χ2v) is 5.31. The number of halogens is 1. The molecular weight excluding hydrogens is 386 g/mol. The summed E-state index contributed by atoms with van der Waals surface area (Å²) < 4.78 is 1.94. The zero-order valence-corrected chi connectivity index (χ0v) is 15.9. The van der Waals surface area contributed by atoms with Gasteiger partial charge in [-0.25, -0.2) is 6.08 Å². The number of aromatic nitrogens is 2. The van der Waals surface area contributed by atoms with E-state index in [-0.39, 0.29) is 41.0 Å². The summed E-state index contributed by atoms with van der Waals surface area (Å²) in [5.74, 6) is 0. The molecular formula is C17H19ClCo2N2-2. The van der Waals surface area contributed by atoms with Gasteiger partial charge in [-0.2, -0.15) is 10.7 Å². The Labute approximate surface area is 158 Å². The van der Waals surface area contributed by atoms with Gasteiger partial charge in [-0.05, 0) is 19.4 Å². The summed E-state index contributed by atoms with van der Waals surface area (Å²) in [7, 11) is 1.98. The molecule has 2 radical (unpaired) electrons. The molecule has 0 N–H and O–H groups in total. The Morgan fingerprint density at radius 2 is 1.95 bits per heavy atom. The Bertz CT molecular complexity index is 690. The average Bonchev–Trinajstić information content (AvgIpc) is 2.97. The van der Waals surface area contributed by atoms with Crippen LogP contribution in [0.15, 0.2) is 12.1 Å². The zero-order valence-electron chi connectivity index (χ0n) is 13.1. The molecule has 0 saturated carbocycles. The minimum Gasteiger partial charge on any atom is -0.358 e. The Kier molecular flexibility index (Phi) is 8.16. The minimum atomic E-state index is 0. The van der Waals surface area contributed by atoms with Crippen molar-refractivity contribution in [1.29, 1.82) is 0 Å². The Balaban J connectivity index is 0.00000147. The van der Waals surface area contributed by atoms with Crippen LogP contribution in [0.25, 0.3) is 17.2 Å². The fourth-order valence-corrected chi connectivity index (χ4v) is 2.98. The van der Waals surface area contributed by atoms with Gasteiger partial charge in [0.2, 0.25) is 0 Å². The summed E-state index contributed by atoms with van der Waals surface area (Å²) in [4.78, 5) is 0. The van der Waals surface area contributed by atoms with E-state index < -0.39 is 0 Å². The molecule has 22 heavy (non-hydrogen) atoms. The van der Waals surface area contributed by atoms with Crippen molar-refractivity contribution in [2.45, 2.75) is 26.7 Å². The number of nitrogens with zero attached hydrogens (tertiary/aromatic N) is 2. The predicted octanol–water partition coefficient (Wildman–Crippen LogP) is 4.43. The van der Waals surface area contributed by atoms with E-state index in [9.17, 15) is 0 Å². The molecule has 2 aromatic rings. The molecule has 0 saturated heterocycles. The molecule has 5 heteroatoms. The largest absolute Gasteiger partial charge is 0.358 e. The molecule has 0 spiro atoms. The first-order valence-corrected chi connectivity index (χ1v) is 6.92. The maximum Gasteiger partial charge on any atom is 0.0688 e. The molecule has 1 aliphatic rings. The van der Waals surface area contributed by atoms with E-state index >= 15 is 0 Å². The number of hydrogen-bond acceptors (Lipinski definition) is 1. The van der Waals surface area contributed by atoms with Gasteiger partial charge in [0, 0.05) is 56.9 Å². The molecule has 2 nitrogen and oxygen atoms in total. The molecule has 1 aromatic heterocycles. The van der Waals surface area contributed by atoms with Crippen molar-refractivity contribution < 1.29 is 33.6 Å². The normalized spacial score (nSPS) is 11.3. The van der Waals surface area contributed by atoms with Crippen LogP contribution < -0.4 is 0 Å². The van der Waals surface area contributed by atoms with Gasteiger partial charge in [0.05, 0.1) is 5.69 Å². The van der Waals surface area contributed by atoms with Gasteiger partial charge in [0.15, 0.2) is 0 Å². The summed E-state index contributed by atoms with van der Waals surface area (Å²) in [6.07, 6.45) is 7.12. The van der Waals surface area contributed by atoms with Crippen molar-refractivity contribution in [3.63, 3.8) is 0 Å². The van der Waals surface area contributed by atoms with Crippen LogP contribution in [0.1, 0.15) is 29.4 Å². The second kappa shape index (κ2) is 8.36. The van der Waals surface area contributed by atoms with Crippen molar-refractivity contribution in [3.8, 4) is 11.1 Å². The van der Waals surface area contributed by atoms with Crippen molar-refractivity contribution in [1.82, 2.24) is 9.78 Å². The molecule has 0 bridgehead atoms. The first-order valence-electron chi connectivity index (χ1n) is 6.54. The fourth-order valence-electron chi connectivity index (χ4n) is 2.72. The van der Waals surface area contributed by atoms with Crippen LogP contribution in [-0.4, -0.2) is 9.78 Å². The van der Waals surface area contributed by atoms with Gasteiger partial charge < -0.3 is 7.43 Å². The molecule has 1 aliphatic carbocycles. The Hall–Kier alpha value is -0.527. The van der Waals surface area contributed by atoms with Gasteiger partial charge in [-0.1, -0.05) is 30.2 Å². The van der Waals surface area contributed by atoms with Gasteiger partial charge in [0.25, 0.3) is 0 Å². The van der Waals surface area contributed by atoms with Gasteiger partial charge >= 0.3 is 0 Å². The number of fused-ring (bicyclic) bond motifs is 1. The minimum absolute atomic E-state index is 0. The molecule has 1 aromatic carbocycles. The van der Waals surface area contributed by atoms with Crippen LogP contribution in [-0.2, 0) is 53.4 Å². The number of benzene rings is 1. The molecule has 1 heterocycles. The van der Waals surface area contributed by atoms with E-state index in [0.717, 1.165) is 34.8 Å². The van der Waals surface area contributed by atoms with Gasteiger partial charge in [0.1, 0.15) is 0 Å². The molecule has 3 rings (SSSR count). The second-order valence-electron chi connectivity index (χ2n) is 4.90. The maximum atomic E-state index is 6.47. The average molecular weight is 405 g/mol. The number of aryl methyl sites for hydroxylation is 2. The topological polar surface area (TPSA) is 17.8 Å². The summed E-state index contributed by atoms with van der Waals surface area (Å²) in [5.41, 5.74) is 7.07. The number of allylic oxidation sites excluding steroid dienone is 1. The first-order chi connectivity index (χ1) is 9.13. The van der Waals surface area contributed by atoms with Crippen LogP contribution in [0.4, 0.5) is 0 Å². The third-order valence-corrected chi connectivity index (χ3v) is 4.13. The van der Waals surface area contributed by atoms with Crippen LogP contribution in [0.3, 0.4) is 0 Å². The first kappa shape index (κ1) is 21.5. The van der Waals surface area contributed by atoms with E-state index in [0.29, 0.717) is 0 Å². The van der Waals surface area contributed by atoms with E-state index in [2.05, 4.69) is 37.2 Å². The monoisotopic (exact) mass is 404 g/mol. The molecule has 0 aliphatic heterocycles.